The Bertz CT molecular complexity index is 1540. The SMILES string of the molecule is COCCOc1cc(F)c(-c2ccc3cnc(Cc4cnccc4[C@H]4C[C@@H](N)[C@@H](N(C)C(C)=O)[C@@H](C)C4)n3n2)c(F)c1. The van der Waals surface area contributed by atoms with Gasteiger partial charge in [-0.1, -0.05) is 6.92 Å². The van der Waals surface area contributed by atoms with Gasteiger partial charge in [0.25, 0.3) is 0 Å². The van der Waals surface area contributed by atoms with Gasteiger partial charge >= 0.3 is 0 Å². The fourth-order valence-corrected chi connectivity index (χ4v) is 6.17. The molecule has 4 atom stereocenters. The molecule has 0 aliphatic heterocycles. The minimum atomic E-state index is -0.776. The number of carbonyl (C=O) groups excluding carboxylic acids is 1. The van der Waals surface area contributed by atoms with Gasteiger partial charge in [-0.25, -0.2) is 18.3 Å². The van der Waals surface area contributed by atoms with Gasteiger partial charge in [-0.3, -0.25) is 9.78 Å². The summed E-state index contributed by atoms with van der Waals surface area (Å²) < 4.78 is 42.0. The van der Waals surface area contributed by atoms with E-state index in [1.165, 1.54) is 7.11 Å². The molecule has 3 aromatic heterocycles. The van der Waals surface area contributed by atoms with Gasteiger partial charge in [0, 0.05) is 64.1 Å². The predicted molar refractivity (Wildman–Crippen MR) is 154 cm³/mol. The van der Waals surface area contributed by atoms with Crippen molar-refractivity contribution < 1.29 is 23.0 Å². The smallest absolute Gasteiger partial charge is 0.219 e. The number of imidazole rings is 1. The van der Waals surface area contributed by atoms with Crippen LogP contribution in [0.2, 0.25) is 0 Å². The number of nitrogens with two attached hydrogens (primary N) is 1. The van der Waals surface area contributed by atoms with Crippen LogP contribution in [0.25, 0.3) is 16.8 Å². The number of benzene rings is 1. The van der Waals surface area contributed by atoms with Gasteiger partial charge in [0.15, 0.2) is 0 Å². The van der Waals surface area contributed by atoms with Crippen LogP contribution in [-0.4, -0.2) is 69.8 Å². The third-order valence-corrected chi connectivity index (χ3v) is 8.19. The molecule has 11 heteroatoms. The van der Waals surface area contributed by atoms with Crippen LogP contribution in [0.15, 0.2) is 48.9 Å². The molecule has 0 saturated heterocycles. The molecular formula is C31H36F2N6O3. The van der Waals surface area contributed by atoms with Gasteiger partial charge in [0.1, 0.15) is 29.8 Å². The first-order valence-electron chi connectivity index (χ1n) is 14.0. The number of nitrogens with zero attached hydrogens (tertiary/aromatic N) is 5. The molecule has 0 spiro atoms. The van der Waals surface area contributed by atoms with Gasteiger partial charge in [-0.05, 0) is 54.0 Å². The second kappa shape index (κ2) is 12.5. The van der Waals surface area contributed by atoms with E-state index in [1.807, 2.05) is 19.3 Å². The molecule has 2 N–H and O–H groups in total. The maximum Gasteiger partial charge on any atom is 0.219 e. The topological polar surface area (TPSA) is 108 Å². The van der Waals surface area contributed by atoms with Crippen LogP contribution in [0.5, 0.6) is 5.75 Å². The van der Waals surface area contributed by atoms with Crippen LogP contribution in [0.3, 0.4) is 0 Å². The number of amides is 1. The van der Waals surface area contributed by atoms with Crippen LogP contribution in [0.1, 0.15) is 49.6 Å². The number of ether oxygens (including phenoxy) is 2. The molecule has 1 saturated carbocycles. The molecule has 0 unspecified atom stereocenters. The zero-order chi connectivity index (χ0) is 30.0. The third-order valence-electron chi connectivity index (χ3n) is 8.19. The minimum absolute atomic E-state index is 0.00881. The molecule has 0 radical (unpaired) electrons. The van der Waals surface area contributed by atoms with Crippen molar-refractivity contribution in [3.05, 3.63) is 77.5 Å². The molecule has 5 rings (SSSR count). The second-order valence-electron chi connectivity index (χ2n) is 11.0. The Hall–Kier alpha value is -3.96. The molecular weight excluding hydrogens is 542 g/mol. The van der Waals surface area contributed by atoms with Crippen molar-refractivity contribution >= 4 is 11.4 Å². The molecule has 222 valence electrons. The van der Waals surface area contributed by atoms with Gasteiger partial charge in [-0.2, -0.15) is 5.10 Å². The van der Waals surface area contributed by atoms with Crippen molar-refractivity contribution in [2.75, 3.05) is 27.4 Å². The second-order valence-corrected chi connectivity index (χ2v) is 11.0. The average molecular weight is 579 g/mol. The molecule has 0 bridgehead atoms. The van der Waals surface area contributed by atoms with Crippen molar-refractivity contribution in [2.24, 2.45) is 11.7 Å². The van der Waals surface area contributed by atoms with Crippen molar-refractivity contribution in [1.29, 1.82) is 0 Å². The molecule has 4 aromatic rings. The van der Waals surface area contributed by atoms with E-state index >= 15 is 8.78 Å². The number of aromatic nitrogens is 4. The molecule has 3 heterocycles. The number of methoxy groups -OCH3 is 1. The number of carbonyl (C=O) groups is 1. The van der Waals surface area contributed by atoms with Gasteiger partial charge in [-0.15, -0.1) is 0 Å². The summed E-state index contributed by atoms with van der Waals surface area (Å²) in [6.07, 6.45) is 7.31. The summed E-state index contributed by atoms with van der Waals surface area (Å²) in [7, 11) is 3.33. The summed E-state index contributed by atoms with van der Waals surface area (Å²) in [5.74, 6) is -0.448. The molecule has 9 nitrogen and oxygen atoms in total. The Morgan fingerprint density at radius 1 is 1.14 bits per heavy atom. The largest absolute Gasteiger partial charge is 0.491 e. The Morgan fingerprint density at radius 2 is 1.90 bits per heavy atom. The normalized spacial score (nSPS) is 20.5. The Balaban J connectivity index is 1.42. The lowest BCUT2D eigenvalue weighted by Gasteiger charge is -2.43. The number of fused-ring (bicyclic) bond motifs is 1. The third kappa shape index (κ3) is 5.98. The van der Waals surface area contributed by atoms with E-state index in [4.69, 9.17) is 15.2 Å². The van der Waals surface area contributed by atoms with E-state index < -0.39 is 11.6 Å². The van der Waals surface area contributed by atoms with Crippen LogP contribution in [-0.2, 0) is 16.0 Å². The summed E-state index contributed by atoms with van der Waals surface area (Å²) in [5, 5.41) is 4.58. The highest BCUT2D eigenvalue weighted by atomic mass is 19.1. The Kier molecular flexibility index (Phi) is 8.79. The zero-order valence-corrected chi connectivity index (χ0v) is 24.3. The summed E-state index contributed by atoms with van der Waals surface area (Å²) >= 11 is 0. The molecule has 1 amide bonds. The van der Waals surface area contributed by atoms with E-state index in [1.54, 1.807) is 40.9 Å². The van der Waals surface area contributed by atoms with Crippen LogP contribution in [0, 0.1) is 17.6 Å². The highest BCUT2D eigenvalue weighted by molar-refractivity contribution is 5.73. The summed E-state index contributed by atoms with van der Waals surface area (Å²) in [4.78, 5) is 22.7. The van der Waals surface area contributed by atoms with Crippen molar-refractivity contribution in [3.8, 4) is 17.0 Å². The van der Waals surface area contributed by atoms with E-state index in [2.05, 4.69) is 22.0 Å². The molecule has 42 heavy (non-hydrogen) atoms. The highest BCUT2D eigenvalue weighted by Gasteiger charge is 2.38. The maximum atomic E-state index is 15.1. The predicted octanol–water partition coefficient (Wildman–Crippen LogP) is 4.37. The lowest BCUT2D eigenvalue weighted by atomic mass is 9.72. The first kappa shape index (κ1) is 29.5. The van der Waals surface area contributed by atoms with Crippen molar-refractivity contribution in [2.45, 2.75) is 51.1 Å². The average Bonchev–Trinajstić information content (AvgIpc) is 3.34. The summed E-state index contributed by atoms with van der Waals surface area (Å²) in [6.45, 7) is 4.18. The number of halogens is 2. The number of rotatable bonds is 9. The van der Waals surface area contributed by atoms with E-state index in [9.17, 15) is 4.79 Å². The lowest BCUT2D eigenvalue weighted by Crippen LogP contribution is -2.54. The lowest BCUT2D eigenvalue weighted by molar-refractivity contribution is -0.131. The van der Waals surface area contributed by atoms with Crippen molar-refractivity contribution in [3.63, 3.8) is 0 Å². The van der Waals surface area contributed by atoms with Gasteiger partial charge in [0.05, 0.1) is 29.6 Å². The fraction of sp³-hybridized carbons (Fsp3) is 0.419. The Labute approximate surface area is 243 Å². The van der Waals surface area contributed by atoms with E-state index in [0.717, 1.165) is 36.1 Å². The summed E-state index contributed by atoms with van der Waals surface area (Å²) in [5.41, 5.74) is 9.33. The van der Waals surface area contributed by atoms with Gasteiger partial charge in [0.2, 0.25) is 5.91 Å². The monoisotopic (exact) mass is 578 g/mol. The molecule has 1 fully saturated rings. The summed E-state index contributed by atoms with van der Waals surface area (Å²) in [6, 6.07) is 7.43. The standard InChI is InChI=1S/C31H36F2N6O3/c1-18-11-20(12-27(34)31(18)38(3)19(2)40)24-7-8-35-16-21(24)13-29-36-17-22-5-6-28(37-39(22)29)30-25(32)14-23(15-26(30)33)42-10-9-41-4/h5-8,14-18,20,27,31H,9-13,34H2,1-4H3/t18-,20+,27+,31-/m0/s1. The van der Waals surface area contributed by atoms with Crippen LogP contribution in [0.4, 0.5) is 8.78 Å². The first-order chi connectivity index (χ1) is 20.2. The fourth-order valence-electron chi connectivity index (χ4n) is 6.17. The van der Waals surface area contributed by atoms with E-state index in [0.29, 0.717) is 24.4 Å². The first-order valence-corrected chi connectivity index (χ1v) is 14.0. The number of likely N-dealkylation sites (N-methyl/N-ethyl adjacent to an activating group) is 1. The molecule has 1 aliphatic rings. The number of pyridine rings is 1. The van der Waals surface area contributed by atoms with Crippen molar-refractivity contribution in [1.82, 2.24) is 24.5 Å². The zero-order valence-electron chi connectivity index (χ0n) is 24.3. The molecule has 1 aliphatic carbocycles. The maximum absolute atomic E-state index is 15.1. The number of hydrogen-bond acceptors (Lipinski definition) is 7. The minimum Gasteiger partial charge on any atom is -0.491 e. The Morgan fingerprint density at radius 3 is 2.60 bits per heavy atom. The quantitative estimate of drug-likeness (QED) is 0.294. The van der Waals surface area contributed by atoms with Crippen LogP contribution < -0.4 is 10.5 Å². The van der Waals surface area contributed by atoms with Gasteiger partial charge < -0.3 is 20.1 Å². The highest BCUT2D eigenvalue weighted by Crippen LogP contribution is 2.39. The van der Waals surface area contributed by atoms with Crippen LogP contribution >= 0.6 is 0 Å². The number of hydrogen-bond donors (Lipinski definition) is 1. The molecule has 1 aromatic carbocycles. The van der Waals surface area contributed by atoms with E-state index in [-0.39, 0.29) is 53.4 Å².